The molecule has 11 N–H and O–H groups in total. The highest BCUT2D eigenvalue weighted by Crippen LogP contribution is 2.19. The maximum Gasteiger partial charge on any atom is 0.326 e. The maximum atomic E-state index is 13.2. The molecule has 0 unspecified atom stereocenters. The second kappa shape index (κ2) is 17.6. The van der Waals surface area contributed by atoms with Crippen molar-refractivity contribution in [3.8, 4) is 0 Å². The third-order valence-corrected chi connectivity index (χ3v) is 6.21. The first-order chi connectivity index (χ1) is 19.3. The summed E-state index contributed by atoms with van der Waals surface area (Å²) in [6.45, 7) is 2.35. The van der Waals surface area contributed by atoms with Crippen LogP contribution in [-0.4, -0.2) is 114 Å². The van der Waals surface area contributed by atoms with Gasteiger partial charge < -0.3 is 53.2 Å². The molecule has 1 fully saturated rings. The summed E-state index contributed by atoms with van der Waals surface area (Å²) >= 11 is 0. The standard InChI is InChI=1S/C24H42N8O9/c1-13(2)9-15(20(36)30-14(23(39)40)5-3-7-27-24(26)41)31-21(37)17-6-4-8-32(17)22(38)16(12-33)29-19(35)11-28-18(34)10-25/h13-17,33H,3-12,25H2,1-2H3,(H,28,34)(H,29,35)(H,30,36)(H,31,37)(H,39,40)(H3,26,27,41)/t14-,15-,16-,17-/m0/s1. The molecule has 0 bridgehead atoms. The van der Waals surface area contributed by atoms with Crippen molar-refractivity contribution < 1.29 is 43.8 Å². The van der Waals surface area contributed by atoms with Crippen molar-refractivity contribution in [2.75, 3.05) is 32.8 Å². The van der Waals surface area contributed by atoms with E-state index in [1.807, 2.05) is 13.8 Å². The lowest BCUT2D eigenvalue weighted by Gasteiger charge is -2.30. The van der Waals surface area contributed by atoms with Gasteiger partial charge in [0.25, 0.3) is 0 Å². The zero-order valence-electron chi connectivity index (χ0n) is 23.3. The van der Waals surface area contributed by atoms with Crippen molar-refractivity contribution in [2.45, 2.75) is 70.1 Å². The number of carbonyl (C=O) groups excluding carboxylic acids is 6. The molecule has 7 amide bonds. The zero-order chi connectivity index (χ0) is 31.1. The molecule has 1 aliphatic rings. The Labute approximate surface area is 237 Å². The van der Waals surface area contributed by atoms with Gasteiger partial charge in [-0.3, -0.25) is 24.0 Å². The van der Waals surface area contributed by atoms with Crippen LogP contribution in [0.1, 0.15) is 46.0 Å². The van der Waals surface area contributed by atoms with Crippen molar-refractivity contribution >= 4 is 41.5 Å². The summed E-state index contributed by atoms with van der Waals surface area (Å²) in [6, 6.07) is -5.52. The van der Waals surface area contributed by atoms with Crippen LogP contribution in [-0.2, 0) is 28.8 Å². The molecule has 0 aromatic carbocycles. The van der Waals surface area contributed by atoms with E-state index in [0.717, 1.165) is 0 Å². The Hall–Kier alpha value is -3.99. The van der Waals surface area contributed by atoms with Crippen molar-refractivity contribution in [3.63, 3.8) is 0 Å². The Morgan fingerprint density at radius 2 is 1.63 bits per heavy atom. The normalized spacial score (nSPS) is 16.7. The van der Waals surface area contributed by atoms with Gasteiger partial charge in [0.05, 0.1) is 19.7 Å². The summed E-state index contributed by atoms with van der Waals surface area (Å²) in [4.78, 5) is 86.4. The first-order valence-electron chi connectivity index (χ1n) is 13.3. The molecule has 0 spiro atoms. The van der Waals surface area contributed by atoms with Crippen LogP contribution in [0.4, 0.5) is 4.79 Å². The van der Waals surface area contributed by atoms with E-state index in [1.165, 1.54) is 4.90 Å². The van der Waals surface area contributed by atoms with E-state index in [0.29, 0.717) is 6.42 Å². The minimum Gasteiger partial charge on any atom is -0.480 e. The number of primary amides is 1. The SMILES string of the molecule is CC(C)C[C@H](NC(=O)[C@@H]1CCCN1C(=O)[C@H](CO)NC(=O)CNC(=O)CN)C(=O)N[C@@H](CCCNC(N)=O)C(=O)O. The highest BCUT2D eigenvalue weighted by atomic mass is 16.4. The minimum absolute atomic E-state index is 0.00122. The molecule has 0 aliphatic carbocycles. The summed E-state index contributed by atoms with van der Waals surface area (Å²) in [5.74, 6) is -4.78. The minimum atomic E-state index is -1.37. The van der Waals surface area contributed by atoms with Gasteiger partial charge in [0.2, 0.25) is 29.5 Å². The summed E-state index contributed by atoms with van der Waals surface area (Å²) < 4.78 is 0. The smallest absolute Gasteiger partial charge is 0.326 e. The molecule has 0 radical (unpaired) electrons. The average molecular weight is 587 g/mol. The summed E-state index contributed by atoms with van der Waals surface area (Å²) in [5.41, 5.74) is 10.1. The van der Waals surface area contributed by atoms with E-state index < -0.39 is 78.9 Å². The fourth-order valence-electron chi connectivity index (χ4n) is 4.20. The van der Waals surface area contributed by atoms with E-state index in [1.54, 1.807) is 0 Å². The van der Waals surface area contributed by atoms with Gasteiger partial charge in [-0.2, -0.15) is 0 Å². The Balaban J connectivity index is 2.89. The lowest BCUT2D eigenvalue weighted by molar-refractivity contribution is -0.144. The van der Waals surface area contributed by atoms with Crippen molar-refractivity contribution in [1.29, 1.82) is 0 Å². The predicted octanol–water partition coefficient (Wildman–Crippen LogP) is -3.92. The van der Waals surface area contributed by atoms with Gasteiger partial charge in [-0.25, -0.2) is 9.59 Å². The van der Waals surface area contributed by atoms with Gasteiger partial charge in [0.1, 0.15) is 24.2 Å². The molecule has 17 nitrogen and oxygen atoms in total. The zero-order valence-corrected chi connectivity index (χ0v) is 23.3. The molecule has 1 heterocycles. The maximum absolute atomic E-state index is 13.2. The number of carboxylic acids is 1. The average Bonchev–Trinajstić information content (AvgIpc) is 3.40. The third-order valence-electron chi connectivity index (χ3n) is 6.21. The third kappa shape index (κ3) is 12.4. The van der Waals surface area contributed by atoms with Crippen LogP contribution < -0.4 is 38.1 Å². The van der Waals surface area contributed by atoms with Gasteiger partial charge in [0, 0.05) is 13.1 Å². The number of hydrogen-bond acceptors (Lipinski definition) is 9. The van der Waals surface area contributed by atoms with Crippen LogP contribution >= 0.6 is 0 Å². The number of nitrogens with two attached hydrogens (primary N) is 2. The number of carboxylic acid groups (broad SMARTS) is 1. The molecule has 41 heavy (non-hydrogen) atoms. The number of aliphatic hydroxyl groups excluding tert-OH is 1. The second-order valence-corrected chi connectivity index (χ2v) is 10.00. The summed E-state index contributed by atoms with van der Waals surface area (Å²) in [6.07, 6.45) is 1.11. The monoisotopic (exact) mass is 586 g/mol. The number of likely N-dealkylation sites (tertiary alicyclic amines) is 1. The molecule has 1 rings (SSSR count). The quantitative estimate of drug-likeness (QED) is 0.0746. The molecule has 1 aliphatic heterocycles. The number of aliphatic carboxylic acids is 1. The molecule has 0 aromatic heterocycles. The van der Waals surface area contributed by atoms with Crippen LogP contribution in [0.5, 0.6) is 0 Å². The lowest BCUT2D eigenvalue weighted by atomic mass is 10.0. The first kappa shape index (κ1) is 35.0. The molecule has 17 heteroatoms. The number of nitrogens with zero attached hydrogens (tertiary/aromatic N) is 1. The van der Waals surface area contributed by atoms with Gasteiger partial charge in [-0.1, -0.05) is 13.8 Å². The summed E-state index contributed by atoms with van der Waals surface area (Å²) in [5, 5.41) is 31.1. The van der Waals surface area contributed by atoms with Crippen LogP contribution in [0.3, 0.4) is 0 Å². The molecule has 4 atom stereocenters. The Bertz CT molecular complexity index is 961. The first-order valence-corrected chi connectivity index (χ1v) is 13.3. The summed E-state index contributed by atoms with van der Waals surface area (Å²) in [7, 11) is 0. The van der Waals surface area contributed by atoms with E-state index in [9.17, 15) is 43.8 Å². The van der Waals surface area contributed by atoms with Gasteiger partial charge in [-0.05, 0) is 38.0 Å². The molecule has 0 saturated carbocycles. The fraction of sp³-hybridized carbons (Fsp3) is 0.708. The van der Waals surface area contributed by atoms with Gasteiger partial charge >= 0.3 is 12.0 Å². The Kier molecular flexibility index (Phi) is 15.1. The second-order valence-electron chi connectivity index (χ2n) is 10.00. The molecule has 0 aromatic rings. The van der Waals surface area contributed by atoms with E-state index in [2.05, 4.69) is 26.6 Å². The topological polar surface area (TPSA) is 275 Å². The lowest BCUT2D eigenvalue weighted by Crippen LogP contribution is -2.58. The van der Waals surface area contributed by atoms with E-state index in [4.69, 9.17) is 11.5 Å². The van der Waals surface area contributed by atoms with Crippen LogP contribution in [0.25, 0.3) is 0 Å². The molecular weight excluding hydrogens is 544 g/mol. The van der Waals surface area contributed by atoms with Crippen LogP contribution in [0, 0.1) is 5.92 Å². The van der Waals surface area contributed by atoms with Gasteiger partial charge in [-0.15, -0.1) is 0 Å². The Morgan fingerprint density at radius 1 is 0.951 bits per heavy atom. The van der Waals surface area contributed by atoms with E-state index >= 15 is 0 Å². The highest BCUT2D eigenvalue weighted by molar-refractivity contribution is 5.96. The van der Waals surface area contributed by atoms with Crippen LogP contribution in [0.15, 0.2) is 0 Å². The number of aliphatic hydroxyl groups is 1. The number of nitrogens with one attached hydrogen (secondary N) is 5. The number of carbonyl (C=O) groups is 7. The number of amides is 7. The highest BCUT2D eigenvalue weighted by Gasteiger charge is 2.39. The number of rotatable bonds is 17. The number of urea groups is 1. The molecular formula is C24H42N8O9. The van der Waals surface area contributed by atoms with Crippen LogP contribution in [0.2, 0.25) is 0 Å². The fourth-order valence-corrected chi connectivity index (χ4v) is 4.20. The largest absolute Gasteiger partial charge is 0.480 e. The van der Waals surface area contributed by atoms with Gasteiger partial charge in [0.15, 0.2) is 0 Å². The predicted molar refractivity (Wildman–Crippen MR) is 144 cm³/mol. The Morgan fingerprint density at radius 3 is 2.20 bits per heavy atom. The molecule has 1 saturated heterocycles. The van der Waals surface area contributed by atoms with Crippen molar-refractivity contribution in [2.24, 2.45) is 17.4 Å². The molecule has 232 valence electrons. The van der Waals surface area contributed by atoms with Crippen molar-refractivity contribution in [3.05, 3.63) is 0 Å². The van der Waals surface area contributed by atoms with E-state index in [-0.39, 0.29) is 51.2 Å². The van der Waals surface area contributed by atoms with Crippen molar-refractivity contribution in [1.82, 2.24) is 31.5 Å². The number of hydrogen-bond donors (Lipinski definition) is 9.